The van der Waals surface area contributed by atoms with Crippen LogP contribution in [0.2, 0.25) is 0 Å². The highest BCUT2D eigenvalue weighted by atomic mass is 15.3. The van der Waals surface area contributed by atoms with Crippen LogP contribution < -0.4 is 10.6 Å². The minimum Gasteiger partial charge on any atom is -0.357 e. The number of hydrogen-bond acceptors (Lipinski definition) is 2. The Bertz CT molecular complexity index is 613. The molecule has 1 aromatic carbocycles. The van der Waals surface area contributed by atoms with E-state index in [4.69, 9.17) is 0 Å². The molecule has 0 bridgehead atoms. The lowest BCUT2D eigenvalue weighted by molar-refractivity contribution is 0.570. The summed E-state index contributed by atoms with van der Waals surface area (Å²) in [6.07, 6.45) is 4.97. The number of hydrogen-bond donors (Lipinski definition) is 2. The van der Waals surface area contributed by atoms with E-state index in [0.717, 1.165) is 32.0 Å². The molecule has 0 aliphatic heterocycles. The Labute approximate surface area is 138 Å². The molecule has 0 aliphatic rings. The molecule has 0 saturated heterocycles. The first-order valence-corrected chi connectivity index (χ1v) is 8.24. The lowest BCUT2D eigenvalue weighted by Crippen LogP contribution is -2.38. The van der Waals surface area contributed by atoms with Gasteiger partial charge >= 0.3 is 0 Å². The SMILES string of the molecule is CCNC(=NCc1ccc(C)cc1)NCCCn1cc(C)cn1. The molecular formula is C18H27N5. The van der Waals surface area contributed by atoms with Crippen molar-refractivity contribution < 1.29 is 0 Å². The van der Waals surface area contributed by atoms with E-state index in [1.54, 1.807) is 0 Å². The third-order valence-electron chi connectivity index (χ3n) is 3.50. The topological polar surface area (TPSA) is 54.2 Å². The van der Waals surface area contributed by atoms with Crippen LogP contribution in [0.3, 0.4) is 0 Å². The number of nitrogens with one attached hydrogen (secondary N) is 2. The smallest absolute Gasteiger partial charge is 0.191 e. The molecule has 0 aliphatic carbocycles. The van der Waals surface area contributed by atoms with Gasteiger partial charge in [-0.1, -0.05) is 29.8 Å². The Morgan fingerprint density at radius 3 is 2.57 bits per heavy atom. The molecular weight excluding hydrogens is 286 g/mol. The van der Waals surface area contributed by atoms with E-state index < -0.39 is 0 Å². The van der Waals surface area contributed by atoms with Crippen LogP contribution >= 0.6 is 0 Å². The lowest BCUT2D eigenvalue weighted by atomic mass is 10.1. The van der Waals surface area contributed by atoms with Crippen LogP contribution in [0.1, 0.15) is 30.0 Å². The standard InChI is InChI=1S/C18H27N5/c1-4-19-18(21-13-17-8-6-15(2)7-9-17)20-10-5-11-23-14-16(3)12-22-23/h6-9,12,14H,4-5,10-11,13H2,1-3H3,(H2,19,20,21). The van der Waals surface area contributed by atoms with Crippen LogP contribution in [0, 0.1) is 13.8 Å². The minimum atomic E-state index is 0.688. The van der Waals surface area contributed by atoms with E-state index in [0.29, 0.717) is 6.54 Å². The first-order chi connectivity index (χ1) is 11.2. The monoisotopic (exact) mass is 313 g/mol. The summed E-state index contributed by atoms with van der Waals surface area (Å²) in [6.45, 7) is 9.57. The Balaban J connectivity index is 1.78. The molecule has 5 nitrogen and oxygen atoms in total. The zero-order valence-electron chi connectivity index (χ0n) is 14.3. The molecule has 2 rings (SSSR count). The second kappa shape index (κ2) is 8.98. The van der Waals surface area contributed by atoms with Gasteiger partial charge in [-0.2, -0.15) is 5.10 Å². The van der Waals surface area contributed by atoms with Gasteiger partial charge in [0.05, 0.1) is 12.7 Å². The van der Waals surface area contributed by atoms with Crippen molar-refractivity contribution in [1.29, 1.82) is 0 Å². The van der Waals surface area contributed by atoms with Gasteiger partial charge in [0.1, 0.15) is 0 Å². The summed E-state index contributed by atoms with van der Waals surface area (Å²) in [5, 5.41) is 11.0. The average Bonchev–Trinajstić information content (AvgIpc) is 2.96. The maximum atomic E-state index is 4.63. The van der Waals surface area contributed by atoms with E-state index in [2.05, 4.69) is 72.0 Å². The molecule has 124 valence electrons. The normalized spacial score (nSPS) is 11.5. The van der Waals surface area contributed by atoms with Crippen molar-refractivity contribution in [3.63, 3.8) is 0 Å². The van der Waals surface area contributed by atoms with E-state index in [1.165, 1.54) is 16.7 Å². The average molecular weight is 313 g/mol. The van der Waals surface area contributed by atoms with Crippen molar-refractivity contribution >= 4 is 5.96 Å². The second-order valence-electron chi connectivity index (χ2n) is 5.74. The molecule has 5 heteroatoms. The number of guanidine groups is 1. The van der Waals surface area contributed by atoms with Crippen LogP contribution in [0.25, 0.3) is 0 Å². The summed E-state index contributed by atoms with van der Waals surface area (Å²) in [6, 6.07) is 8.50. The Kier molecular flexibility index (Phi) is 6.66. The van der Waals surface area contributed by atoms with Gasteiger partial charge in [-0.05, 0) is 38.3 Å². The predicted molar refractivity (Wildman–Crippen MR) is 95.6 cm³/mol. The van der Waals surface area contributed by atoms with Crippen molar-refractivity contribution in [2.24, 2.45) is 4.99 Å². The number of benzene rings is 1. The summed E-state index contributed by atoms with van der Waals surface area (Å²) >= 11 is 0. The van der Waals surface area contributed by atoms with Gasteiger partial charge in [-0.15, -0.1) is 0 Å². The number of aryl methyl sites for hydroxylation is 3. The highest BCUT2D eigenvalue weighted by molar-refractivity contribution is 5.79. The quantitative estimate of drug-likeness (QED) is 0.469. The fraction of sp³-hybridized carbons (Fsp3) is 0.444. The minimum absolute atomic E-state index is 0.688. The van der Waals surface area contributed by atoms with Crippen LogP contribution in [-0.4, -0.2) is 28.8 Å². The number of rotatable bonds is 7. The Hall–Kier alpha value is -2.30. The predicted octanol–water partition coefficient (Wildman–Crippen LogP) is 2.65. The van der Waals surface area contributed by atoms with Crippen LogP contribution in [0.4, 0.5) is 0 Å². The van der Waals surface area contributed by atoms with Crippen LogP contribution in [0.5, 0.6) is 0 Å². The van der Waals surface area contributed by atoms with E-state index in [9.17, 15) is 0 Å². The zero-order valence-corrected chi connectivity index (χ0v) is 14.3. The molecule has 0 amide bonds. The van der Waals surface area contributed by atoms with Gasteiger partial charge in [0.2, 0.25) is 0 Å². The number of aromatic nitrogens is 2. The molecule has 23 heavy (non-hydrogen) atoms. The molecule has 0 unspecified atom stereocenters. The maximum Gasteiger partial charge on any atom is 0.191 e. The molecule has 0 saturated carbocycles. The van der Waals surface area contributed by atoms with Gasteiger partial charge in [0, 0.05) is 25.8 Å². The molecule has 0 spiro atoms. The van der Waals surface area contributed by atoms with E-state index in [-0.39, 0.29) is 0 Å². The van der Waals surface area contributed by atoms with Crippen molar-refractivity contribution in [2.75, 3.05) is 13.1 Å². The highest BCUT2D eigenvalue weighted by Crippen LogP contribution is 2.04. The number of aliphatic imine (C=N–C) groups is 1. The molecule has 2 aromatic rings. The third-order valence-corrected chi connectivity index (χ3v) is 3.50. The lowest BCUT2D eigenvalue weighted by Gasteiger charge is -2.11. The first-order valence-electron chi connectivity index (χ1n) is 8.24. The summed E-state index contributed by atoms with van der Waals surface area (Å²) in [7, 11) is 0. The van der Waals surface area contributed by atoms with E-state index >= 15 is 0 Å². The van der Waals surface area contributed by atoms with Crippen molar-refractivity contribution in [3.05, 3.63) is 53.3 Å². The van der Waals surface area contributed by atoms with Gasteiger partial charge < -0.3 is 10.6 Å². The fourth-order valence-electron chi connectivity index (χ4n) is 2.24. The molecule has 1 heterocycles. The molecule has 2 N–H and O–H groups in total. The summed E-state index contributed by atoms with van der Waals surface area (Å²) < 4.78 is 1.98. The second-order valence-corrected chi connectivity index (χ2v) is 5.74. The molecule has 0 atom stereocenters. The first kappa shape index (κ1) is 17.1. The summed E-state index contributed by atoms with van der Waals surface area (Å²) in [5.74, 6) is 0.865. The maximum absolute atomic E-state index is 4.63. The van der Waals surface area contributed by atoms with Crippen molar-refractivity contribution in [1.82, 2.24) is 20.4 Å². The van der Waals surface area contributed by atoms with Gasteiger partial charge in [-0.3, -0.25) is 4.68 Å². The molecule has 0 radical (unpaired) electrons. The largest absolute Gasteiger partial charge is 0.357 e. The van der Waals surface area contributed by atoms with Crippen LogP contribution in [-0.2, 0) is 13.1 Å². The highest BCUT2D eigenvalue weighted by Gasteiger charge is 1.99. The molecule has 0 fully saturated rings. The Morgan fingerprint density at radius 2 is 1.91 bits per heavy atom. The third kappa shape index (κ3) is 6.14. The van der Waals surface area contributed by atoms with Crippen molar-refractivity contribution in [3.8, 4) is 0 Å². The number of nitrogens with zero attached hydrogens (tertiary/aromatic N) is 3. The zero-order chi connectivity index (χ0) is 16.5. The Morgan fingerprint density at radius 1 is 1.13 bits per heavy atom. The van der Waals surface area contributed by atoms with Gasteiger partial charge in [0.15, 0.2) is 5.96 Å². The van der Waals surface area contributed by atoms with Gasteiger partial charge in [0.25, 0.3) is 0 Å². The van der Waals surface area contributed by atoms with E-state index in [1.807, 2.05) is 10.9 Å². The van der Waals surface area contributed by atoms with Crippen molar-refractivity contribution in [2.45, 2.75) is 40.3 Å². The van der Waals surface area contributed by atoms with Crippen LogP contribution in [0.15, 0.2) is 41.7 Å². The fourth-order valence-corrected chi connectivity index (χ4v) is 2.24. The van der Waals surface area contributed by atoms with Gasteiger partial charge in [-0.25, -0.2) is 4.99 Å². The summed E-state index contributed by atoms with van der Waals surface area (Å²) in [5.41, 5.74) is 3.70. The molecule has 1 aromatic heterocycles. The summed E-state index contributed by atoms with van der Waals surface area (Å²) in [4.78, 5) is 4.63.